The van der Waals surface area contributed by atoms with Crippen molar-refractivity contribution in [2.45, 2.75) is 12.8 Å². The van der Waals surface area contributed by atoms with Crippen molar-refractivity contribution in [3.05, 3.63) is 30.1 Å². The van der Waals surface area contributed by atoms with Gasteiger partial charge >= 0.3 is 0 Å². The number of likely N-dealkylation sites (tertiary alicyclic amines) is 1. The Bertz CT molecular complexity index is 375. The molecule has 1 aliphatic rings. The van der Waals surface area contributed by atoms with Crippen molar-refractivity contribution in [3.63, 3.8) is 0 Å². The number of carbonyl (C=O) groups excluding carboxylic acids is 2. The highest BCUT2D eigenvalue weighted by molar-refractivity contribution is 6.05. The molecule has 1 fully saturated rings. The summed E-state index contributed by atoms with van der Waals surface area (Å²) in [5.74, 6) is -0.0445. The largest absolute Gasteiger partial charge is 0.335 e. The Morgan fingerprint density at radius 1 is 1.33 bits per heavy atom. The van der Waals surface area contributed by atoms with Gasteiger partial charge in [-0.2, -0.15) is 0 Å². The summed E-state index contributed by atoms with van der Waals surface area (Å²) < 4.78 is 0. The quantitative estimate of drug-likeness (QED) is 0.671. The minimum absolute atomic E-state index is 0.0148. The summed E-state index contributed by atoms with van der Waals surface area (Å²) in [5.41, 5.74) is 0.949. The molecule has 0 aliphatic carbocycles. The third-order valence-corrected chi connectivity index (χ3v) is 2.43. The lowest BCUT2D eigenvalue weighted by atomic mass is 10.2. The van der Waals surface area contributed by atoms with Gasteiger partial charge in [0, 0.05) is 24.9 Å². The van der Waals surface area contributed by atoms with Gasteiger partial charge in [0.15, 0.2) is 5.78 Å². The van der Waals surface area contributed by atoms with Crippen LogP contribution < -0.4 is 0 Å². The molecular weight excluding hydrogens is 192 g/mol. The zero-order valence-corrected chi connectivity index (χ0v) is 8.35. The van der Waals surface area contributed by atoms with E-state index in [2.05, 4.69) is 4.98 Å². The molecule has 0 radical (unpaired) electrons. The lowest BCUT2D eigenvalue weighted by Gasteiger charge is -2.13. The first-order chi connectivity index (χ1) is 7.25. The average molecular weight is 204 g/mol. The van der Waals surface area contributed by atoms with E-state index in [0.717, 1.165) is 5.69 Å². The predicted molar refractivity (Wildman–Crippen MR) is 54.1 cm³/mol. The summed E-state index contributed by atoms with van der Waals surface area (Å²) in [6.45, 7) is 0.854. The van der Waals surface area contributed by atoms with Crippen LogP contribution in [-0.2, 0) is 16.0 Å². The second-order valence-corrected chi connectivity index (χ2v) is 3.60. The third kappa shape index (κ3) is 2.40. The molecule has 4 heteroatoms. The van der Waals surface area contributed by atoms with Crippen LogP contribution in [0.15, 0.2) is 24.4 Å². The zero-order chi connectivity index (χ0) is 10.7. The van der Waals surface area contributed by atoms with Crippen LogP contribution >= 0.6 is 0 Å². The van der Waals surface area contributed by atoms with Crippen LogP contribution in [0.3, 0.4) is 0 Å². The third-order valence-electron chi connectivity index (χ3n) is 2.43. The van der Waals surface area contributed by atoms with Crippen molar-refractivity contribution in [1.29, 1.82) is 0 Å². The smallest absolute Gasteiger partial charge is 0.230 e. The molecule has 0 aromatic carbocycles. The van der Waals surface area contributed by atoms with Gasteiger partial charge in [-0.15, -0.1) is 0 Å². The summed E-state index contributed by atoms with van der Waals surface area (Å²) in [5, 5.41) is 0. The number of carbonyl (C=O) groups is 2. The van der Waals surface area contributed by atoms with E-state index in [1.165, 1.54) is 0 Å². The van der Waals surface area contributed by atoms with Crippen LogP contribution in [0.1, 0.15) is 12.1 Å². The fourth-order valence-electron chi connectivity index (χ4n) is 1.64. The van der Waals surface area contributed by atoms with Gasteiger partial charge in [0.05, 0.1) is 13.0 Å². The Hall–Kier alpha value is -1.71. The predicted octanol–water partition coefficient (Wildman–Crippen LogP) is 0.425. The molecule has 1 aromatic rings. The van der Waals surface area contributed by atoms with Crippen LogP contribution in [0.25, 0.3) is 0 Å². The molecule has 4 nitrogen and oxygen atoms in total. The molecule has 0 bridgehead atoms. The molecule has 0 spiro atoms. The van der Waals surface area contributed by atoms with E-state index in [1.54, 1.807) is 11.1 Å². The van der Waals surface area contributed by atoms with Crippen molar-refractivity contribution in [1.82, 2.24) is 9.88 Å². The molecule has 0 unspecified atom stereocenters. The summed E-state index contributed by atoms with van der Waals surface area (Å²) in [6.07, 6.45) is 2.51. The van der Waals surface area contributed by atoms with Crippen molar-refractivity contribution in [3.8, 4) is 0 Å². The summed E-state index contributed by atoms with van der Waals surface area (Å²) in [4.78, 5) is 28.0. The molecule has 15 heavy (non-hydrogen) atoms. The lowest BCUT2D eigenvalue weighted by Crippen LogP contribution is -2.27. The highest BCUT2D eigenvalue weighted by Crippen LogP contribution is 2.07. The van der Waals surface area contributed by atoms with E-state index in [1.807, 2.05) is 18.2 Å². The standard InChI is InChI=1S/C11H12N2O2/c14-10-7-11(15)13(8-10)6-4-9-3-1-2-5-12-9/h1-3,5H,4,6-8H2. The Balaban J connectivity index is 1.89. The maximum absolute atomic E-state index is 11.3. The Morgan fingerprint density at radius 2 is 2.20 bits per heavy atom. The maximum atomic E-state index is 11.3. The summed E-state index contributed by atoms with van der Waals surface area (Å²) in [6, 6.07) is 5.69. The van der Waals surface area contributed by atoms with Gasteiger partial charge < -0.3 is 4.90 Å². The monoisotopic (exact) mass is 204 g/mol. The van der Waals surface area contributed by atoms with E-state index in [0.29, 0.717) is 13.0 Å². The maximum Gasteiger partial charge on any atom is 0.230 e. The fourth-order valence-corrected chi connectivity index (χ4v) is 1.64. The average Bonchev–Trinajstić information content (AvgIpc) is 2.56. The lowest BCUT2D eigenvalue weighted by molar-refractivity contribution is -0.127. The first kappa shape index (κ1) is 9.83. The fraction of sp³-hybridized carbons (Fsp3) is 0.364. The molecule has 1 saturated heterocycles. The summed E-state index contributed by atoms with van der Waals surface area (Å²) in [7, 11) is 0. The minimum atomic E-state index is -0.0593. The molecule has 1 aromatic heterocycles. The number of ketones is 1. The van der Waals surface area contributed by atoms with E-state index in [9.17, 15) is 9.59 Å². The van der Waals surface area contributed by atoms with Crippen molar-refractivity contribution in [2.75, 3.05) is 13.1 Å². The molecule has 1 amide bonds. The Kier molecular flexibility index (Phi) is 2.76. The van der Waals surface area contributed by atoms with Crippen LogP contribution in [0, 0.1) is 0 Å². The van der Waals surface area contributed by atoms with E-state index < -0.39 is 0 Å². The SMILES string of the molecule is O=C1CC(=O)N(CCc2ccccn2)C1. The molecular formula is C11H12N2O2. The molecule has 0 N–H and O–H groups in total. The molecule has 78 valence electrons. The van der Waals surface area contributed by atoms with Crippen molar-refractivity contribution in [2.24, 2.45) is 0 Å². The highest BCUT2D eigenvalue weighted by atomic mass is 16.2. The van der Waals surface area contributed by atoms with Crippen molar-refractivity contribution < 1.29 is 9.59 Å². The van der Waals surface area contributed by atoms with Crippen LogP contribution in [0.5, 0.6) is 0 Å². The number of pyridine rings is 1. The second kappa shape index (κ2) is 4.21. The first-order valence-corrected chi connectivity index (χ1v) is 4.95. The number of aromatic nitrogens is 1. The van der Waals surface area contributed by atoms with E-state index in [-0.39, 0.29) is 24.7 Å². The van der Waals surface area contributed by atoms with Gasteiger partial charge in [-0.05, 0) is 12.1 Å². The summed E-state index contributed by atoms with van der Waals surface area (Å²) >= 11 is 0. The molecule has 0 atom stereocenters. The molecule has 1 aliphatic heterocycles. The van der Waals surface area contributed by atoms with Crippen LogP contribution in [0.4, 0.5) is 0 Å². The molecule has 2 rings (SSSR count). The highest BCUT2D eigenvalue weighted by Gasteiger charge is 2.26. The number of hydrogen-bond acceptors (Lipinski definition) is 3. The van der Waals surface area contributed by atoms with E-state index >= 15 is 0 Å². The van der Waals surface area contributed by atoms with Gasteiger partial charge in [0.1, 0.15) is 0 Å². The van der Waals surface area contributed by atoms with Crippen molar-refractivity contribution >= 4 is 11.7 Å². The van der Waals surface area contributed by atoms with E-state index in [4.69, 9.17) is 0 Å². The number of amides is 1. The number of hydrogen-bond donors (Lipinski definition) is 0. The number of Topliss-reactive ketones (excluding diaryl/α,β-unsaturated/α-hetero) is 1. The molecule has 2 heterocycles. The normalized spacial score (nSPS) is 16.1. The Morgan fingerprint density at radius 3 is 2.80 bits per heavy atom. The second-order valence-electron chi connectivity index (χ2n) is 3.60. The molecule has 0 saturated carbocycles. The number of rotatable bonds is 3. The minimum Gasteiger partial charge on any atom is -0.335 e. The van der Waals surface area contributed by atoms with Gasteiger partial charge in [-0.1, -0.05) is 6.07 Å². The van der Waals surface area contributed by atoms with Crippen LogP contribution in [-0.4, -0.2) is 34.7 Å². The topological polar surface area (TPSA) is 50.3 Å². The first-order valence-electron chi connectivity index (χ1n) is 4.95. The zero-order valence-electron chi connectivity index (χ0n) is 8.35. The van der Waals surface area contributed by atoms with Gasteiger partial charge in [0.2, 0.25) is 5.91 Å². The van der Waals surface area contributed by atoms with Gasteiger partial charge in [-0.25, -0.2) is 0 Å². The van der Waals surface area contributed by atoms with Gasteiger partial charge in [0.25, 0.3) is 0 Å². The van der Waals surface area contributed by atoms with Gasteiger partial charge in [-0.3, -0.25) is 14.6 Å². The number of nitrogens with zero attached hydrogens (tertiary/aromatic N) is 2. The van der Waals surface area contributed by atoms with Crippen LogP contribution in [0.2, 0.25) is 0 Å². The Labute approximate surface area is 87.9 Å².